The highest BCUT2D eigenvalue weighted by Gasteiger charge is 2.38. The third-order valence-corrected chi connectivity index (χ3v) is 7.57. The number of hydrogen-bond donors (Lipinski definition) is 1. The minimum Gasteiger partial charge on any atom is -0.318 e. The van der Waals surface area contributed by atoms with Gasteiger partial charge >= 0.3 is 0 Å². The Kier molecular flexibility index (Phi) is 5.55. The van der Waals surface area contributed by atoms with Crippen LogP contribution in [0.25, 0.3) is 11.8 Å². The molecule has 1 aliphatic carbocycles. The van der Waals surface area contributed by atoms with E-state index in [2.05, 4.69) is 14.7 Å². The summed E-state index contributed by atoms with van der Waals surface area (Å²) < 4.78 is 2.09. The number of hydrogen-bond acceptors (Lipinski definition) is 4. The maximum atomic E-state index is 12.8. The predicted octanol–water partition coefficient (Wildman–Crippen LogP) is 5.95. The Balaban J connectivity index is 1.48. The van der Waals surface area contributed by atoms with E-state index in [1.165, 1.54) is 36.0 Å². The number of benzene rings is 1. The van der Waals surface area contributed by atoms with E-state index in [4.69, 9.17) is 17.0 Å². The van der Waals surface area contributed by atoms with E-state index in [9.17, 15) is 4.79 Å². The zero-order valence-electron chi connectivity index (χ0n) is 18.1. The number of amidine groups is 2. The normalized spacial score (nSPS) is 20.6. The smallest absolute Gasteiger partial charge is 0.283 e. The van der Waals surface area contributed by atoms with Crippen LogP contribution in [0.1, 0.15) is 49.1 Å². The molecule has 0 bridgehead atoms. The van der Waals surface area contributed by atoms with Gasteiger partial charge in [-0.15, -0.1) is 0 Å². The number of amides is 1. The van der Waals surface area contributed by atoms with Crippen LogP contribution in [-0.2, 0) is 4.79 Å². The highest BCUT2D eigenvalue weighted by Crippen LogP contribution is 2.36. The zero-order valence-corrected chi connectivity index (χ0v) is 19.6. The second kappa shape index (κ2) is 8.37. The summed E-state index contributed by atoms with van der Waals surface area (Å²) in [6.07, 6.45) is 7.68. The van der Waals surface area contributed by atoms with Crippen LogP contribution in [-0.4, -0.2) is 31.5 Å². The van der Waals surface area contributed by atoms with Crippen molar-refractivity contribution in [3.8, 4) is 5.69 Å². The minimum atomic E-state index is -0.388. The number of thioether (sulfide) groups is 1. The molecule has 5 rings (SSSR count). The number of aliphatic imine (C=N–C) groups is 1. The van der Waals surface area contributed by atoms with Crippen LogP contribution < -0.4 is 0 Å². The van der Waals surface area contributed by atoms with Gasteiger partial charge in [0.2, 0.25) is 5.17 Å². The van der Waals surface area contributed by atoms with Crippen molar-refractivity contribution in [3.05, 3.63) is 57.9 Å². The molecule has 3 aliphatic rings. The van der Waals surface area contributed by atoms with E-state index < -0.39 is 0 Å². The fourth-order valence-electron chi connectivity index (χ4n) is 4.62. The molecule has 2 aliphatic heterocycles. The topological polar surface area (TPSA) is 73.8 Å². The molecule has 0 spiro atoms. The van der Waals surface area contributed by atoms with Crippen molar-refractivity contribution in [2.45, 2.75) is 46.0 Å². The number of aromatic nitrogens is 1. The molecule has 0 saturated heterocycles. The molecule has 1 saturated carbocycles. The van der Waals surface area contributed by atoms with Gasteiger partial charge in [-0.25, -0.2) is 0 Å². The van der Waals surface area contributed by atoms with Crippen molar-refractivity contribution in [1.82, 2.24) is 9.58 Å². The van der Waals surface area contributed by atoms with Crippen molar-refractivity contribution < 1.29 is 4.79 Å². The van der Waals surface area contributed by atoms with Gasteiger partial charge in [-0.1, -0.05) is 36.9 Å². The summed E-state index contributed by atoms with van der Waals surface area (Å²) >= 11 is 7.63. The Morgan fingerprint density at radius 3 is 2.72 bits per heavy atom. The molecular formula is C24H24ClN5OS. The summed E-state index contributed by atoms with van der Waals surface area (Å²) in [5, 5.41) is 17.1. The number of nitrogens with zero attached hydrogens (tertiary/aromatic N) is 4. The van der Waals surface area contributed by atoms with Crippen molar-refractivity contribution in [3.63, 3.8) is 0 Å². The van der Waals surface area contributed by atoms with Crippen LogP contribution in [0.4, 0.5) is 0 Å². The van der Waals surface area contributed by atoms with Crippen molar-refractivity contribution in [2.75, 3.05) is 0 Å². The zero-order chi connectivity index (χ0) is 22.4. The first kappa shape index (κ1) is 21.2. The fraction of sp³-hybridized carbons (Fsp3) is 0.333. The van der Waals surface area contributed by atoms with E-state index in [-0.39, 0.29) is 17.3 Å². The molecule has 6 nitrogen and oxygen atoms in total. The van der Waals surface area contributed by atoms with Crippen molar-refractivity contribution in [1.29, 1.82) is 5.41 Å². The summed E-state index contributed by atoms with van der Waals surface area (Å²) in [6.45, 7) is 4.01. The first-order valence-electron chi connectivity index (χ1n) is 10.9. The van der Waals surface area contributed by atoms with Crippen LogP contribution in [0.2, 0.25) is 5.02 Å². The maximum absolute atomic E-state index is 12.8. The second-order valence-corrected chi connectivity index (χ2v) is 9.86. The number of aryl methyl sites for hydroxylation is 1. The summed E-state index contributed by atoms with van der Waals surface area (Å²) in [5.74, 6) is 0.112. The molecule has 1 aromatic carbocycles. The van der Waals surface area contributed by atoms with Gasteiger partial charge in [0.05, 0.1) is 5.57 Å². The van der Waals surface area contributed by atoms with Gasteiger partial charge in [-0.2, -0.15) is 15.1 Å². The Labute approximate surface area is 196 Å². The molecule has 1 fully saturated rings. The average molecular weight is 466 g/mol. The van der Waals surface area contributed by atoms with Crippen LogP contribution in [0, 0.1) is 25.2 Å². The number of carbonyl (C=O) groups is 1. The number of halogens is 1. The number of carbonyl (C=O) groups excluding carboxylic acids is 1. The number of nitrogens with one attached hydrogen (secondary N) is 1. The molecular weight excluding hydrogens is 442 g/mol. The second-order valence-electron chi connectivity index (χ2n) is 8.43. The van der Waals surface area contributed by atoms with Gasteiger partial charge in [0.25, 0.3) is 5.91 Å². The number of hydrazone groups is 1. The van der Waals surface area contributed by atoms with E-state index in [1.807, 2.05) is 44.2 Å². The van der Waals surface area contributed by atoms with Crippen LogP contribution in [0.3, 0.4) is 0 Å². The van der Waals surface area contributed by atoms with Crippen LogP contribution in [0.5, 0.6) is 0 Å². The van der Waals surface area contributed by atoms with Gasteiger partial charge < -0.3 is 4.57 Å². The summed E-state index contributed by atoms with van der Waals surface area (Å²) in [4.78, 5) is 17.1. The third kappa shape index (κ3) is 3.73. The van der Waals surface area contributed by atoms with Crippen molar-refractivity contribution in [2.24, 2.45) is 16.0 Å². The highest BCUT2D eigenvalue weighted by atomic mass is 35.5. The Morgan fingerprint density at radius 2 is 1.97 bits per heavy atom. The third-order valence-electron chi connectivity index (χ3n) is 6.26. The molecule has 0 unspecified atom stereocenters. The van der Waals surface area contributed by atoms with Crippen LogP contribution >= 0.6 is 23.4 Å². The van der Waals surface area contributed by atoms with Gasteiger partial charge in [0, 0.05) is 28.0 Å². The Hall–Kier alpha value is -2.64. The average Bonchev–Trinajstić information content (AvgIpc) is 3.32. The molecule has 1 aromatic heterocycles. The van der Waals surface area contributed by atoms with Crippen LogP contribution in [0.15, 0.2) is 46.0 Å². The predicted molar refractivity (Wildman–Crippen MR) is 132 cm³/mol. The largest absolute Gasteiger partial charge is 0.318 e. The van der Waals surface area contributed by atoms with E-state index >= 15 is 0 Å². The summed E-state index contributed by atoms with van der Waals surface area (Å²) in [5.41, 5.74) is 4.08. The van der Waals surface area contributed by atoms with Gasteiger partial charge in [0.15, 0.2) is 5.84 Å². The fourth-order valence-corrected chi connectivity index (χ4v) is 5.87. The van der Waals surface area contributed by atoms with Gasteiger partial charge in [-0.05, 0) is 74.4 Å². The van der Waals surface area contributed by atoms with Gasteiger partial charge in [0.1, 0.15) is 5.04 Å². The first-order valence-corrected chi connectivity index (χ1v) is 12.1. The number of rotatable bonds is 3. The van der Waals surface area contributed by atoms with E-state index in [1.54, 1.807) is 6.08 Å². The summed E-state index contributed by atoms with van der Waals surface area (Å²) in [7, 11) is 0. The lowest BCUT2D eigenvalue weighted by molar-refractivity contribution is -0.114. The Bertz CT molecular complexity index is 1220. The van der Waals surface area contributed by atoms with E-state index in [0.717, 1.165) is 40.5 Å². The number of fused-ring (bicyclic) bond motifs is 1. The lowest BCUT2D eigenvalue weighted by atomic mass is 9.90. The van der Waals surface area contributed by atoms with Gasteiger partial charge in [-0.3, -0.25) is 10.2 Å². The molecule has 164 valence electrons. The summed E-state index contributed by atoms with van der Waals surface area (Å²) in [6, 6.07) is 9.68. The quantitative estimate of drug-likeness (QED) is 0.569. The van der Waals surface area contributed by atoms with E-state index in [0.29, 0.717) is 16.1 Å². The lowest BCUT2D eigenvalue weighted by Crippen LogP contribution is -2.35. The SMILES string of the molecule is Cc1cc(C=C2C(=N)N3N=C(C4CCCCC4)SC3=NC2=O)c(C)n1-c1cccc(Cl)c1. The standard InChI is InChI=1S/C24H24ClN5OS/c1-14-11-17(15(2)29(14)19-10-6-9-18(25)13-19)12-20-21(26)30-24(27-22(20)31)32-23(28-30)16-7-4-3-5-8-16/h6,9-13,16,26H,3-5,7-8H2,1-2H3. The first-order chi connectivity index (χ1) is 15.4. The Morgan fingerprint density at radius 1 is 1.19 bits per heavy atom. The molecule has 0 radical (unpaired) electrons. The highest BCUT2D eigenvalue weighted by molar-refractivity contribution is 8.27. The molecule has 1 amide bonds. The molecule has 1 N–H and O–H groups in total. The molecule has 0 atom stereocenters. The maximum Gasteiger partial charge on any atom is 0.283 e. The molecule has 3 heterocycles. The lowest BCUT2D eigenvalue weighted by Gasteiger charge is -2.20. The molecule has 2 aromatic rings. The van der Waals surface area contributed by atoms with Crippen molar-refractivity contribution >= 4 is 51.4 Å². The molecule has 32 heavy (non-hydrogen) atoms. The molecule has 8 heteroatoms. The monoisotopic (exact) mass is 465 g/mol. The minimum absolute atomic E-state index is 0.0888.